The van der Waals surface area contributed by atoms with E-state index >= 15 is 0 Å². The first kappa shape index (κ1) is 24.6. The molecule has 0 aliphatic heterocycles. The van der Waals surface area contributed by atoms with Gasteiger partial charge in [0.15, 0.2) is 0 Å². The molecule has 0 spiro atoms. The Morgan fingerprint density at radius 1 is 1.29 bits per heavy atom. The Morgan fingerprint density at radius 3 is 1.86 bits per heavy atom. The molecule has 1 atom stereocenters. The minimum absolute atomic E-state index is 0. The molecule has 0 saturated carbocycles. The summed E-state index contributed by atoms with van der Waals surface area (Å²) < 4.78 is 10.1. The van der Waals surface area contributed by atoms with E-state index < -0.39 is 32.3 Å². The number of aliphatic carboxylic acids is 1. The predicted molar refractivity (Wildman–Crippen MR) is 32.5 cm³/mol. The molecule has 0 heterocycles. The van der Waals surface area contributed by atoms with E-state index in [1.807, 2.05) is 0 Å². The molecule has 0 saturated heterocycles. The second-order valence-electron chi connectivity index (χ2n) is 2.01. The van der Waals surface area contributed by atoms with Gasteiger partial charge in [0.25, 0.3) is 0 Å². The minimum Gasteiger partial charge on any atom is -0.547 e. The summed E-state index contributed by atoms with van der Waals surface area (Å²) in [6.07, 6.45) is -2.95. The van der Waals surface area contributed by atoms with Crippen molar-refractivity contribution in [1.29, 1.82) is 0 Å². The second-order valence-corrected chi connectivity index (χ2v) is 3.79. The van der Waals surface area contributed by atoms with E-state index in [0.717, 1.165) is 0 Å². The largest absolute Gasteiger partial charge is 1.00 e. The van der Waals surface area contributed by atoms with Gasteiger partial charge in [0.1, 0.15) is 0 Å². The van der Waals surface area contributed by atoms with Crippen molar-refractivity contribution in [1.82, 2.24) is 0 Å². The van der Waals surface area contributed by atoms with Crippen LogP contribution in [0.5, 0.6) is 0 Å². The number of aliphatic hydroxyl groups excluding tert-OH is 1. The van der Waals surface area contributed by atoms with Crippen LogP contribution in [0.1, 0.15) is 6.42 Å². The summed E-state index contributed by atoms with van der Waals surface area (Å²) in [4.78, 5) is 26.3. The van der Waals surface area contributed by atoms with Crippen LogP contribution in [0.15, 0.2) is 0 Å². The maximum Gasteiger partial charge on any atom is 1.00 e. The molecule has 0 aromatic carbocycles. The molecule has 0 radical (unpaired) electrons. The van der Waals surface area contributed by atoms with E-state index in [0.29, 0.717) is 0 Å². The van der Waals surface area contributed by atoms with Crippen LogP contribution in [0.25, 0.3) is 0 Å². The average Bonchev–Trinajstić information content (AvgIpc) is 1.80. The number of carbonyl (C=O) groups excluding carboxylic acids is 1. The standard InChI is InChI=1S/C4H9O6P.3Li/c5-3(4(6)7)1-2-11(8,9)10;;;/h3,5H,1-2H2,(H,6,7)(H2,8,9,10);;;/q;3*+1/p-1. The molecule has 0 aliphatic carbocycles. The van der Waals surface area contributed by atoms with Crippen LogP contribution in [0.3, 0.4) is 0 Å². The molecule has 3 N–H and O–H groups in total. The number of carbonyl (C=O) groups is 1. The second kappa shape index (κ2) is 10.9. The van der Waals surface area contributed by atoms with Crippen molar-refractivity contribution in [3.8, 4) is 0 Å². The first-order valence-corrected chi connectivity index (χ1v) is 4.56. The molecule has 0 rings (SSSR count). The van der Waals surface area contributed by atoms with E-state index in [1.54, 1.807) is 0 Å². The Labute approximate surface area is 118 Å². The van der Waals surface area contributed by atoms with Gasteiger partial charge in [-0.05, 0) is 6.42 Å². The van der Waals surface area contributed by atoms with Gasteiger partial charge in [-0.3, -0.25) is 4.57 Å². The van der Waals surface area contributed by atoms with Crippen LogP contribution < -0.4 is 61.7 Å². The summed E-state index contributed by atoms with van der Waals surface area (Å²) in [5.41, 5.74) is 0. The predicted octanol–water partition coefficient (Wildman–Crippen LogP) is -11.3. The molecule has 0 aromatic heterocycles. The molecule has 10 heteroatoms. The smallest absolute Gasteiger partial charge is 0.547 e. The number of carboxylic acid groups (broad SMARTS) is 1. The van der Waals surface area contributed by atoms with E-state index in [4.69, 9.17) is 14.9 Å². The van der Waals surface area contributed by atoms with Crippen LogP contribution in [0.4, 0.5) is 0 Å². The van der Waals surface area contributed by atoms with Crippen LogP contribution in [-0.4, -0.2) is 33.1 Å². The first-order valence-electron chi connectivity index (χ1n) is 2.76. The van der Waals surface area contributed by atoms with E-state index in [1.165, 1.54) is 0 Å². The van der Waals surface area contributed by atoms with Crippen molar-refractivity contribution in [2.24, 2.45) is 0 Å². The van der Waals surface area contributed by atoms with Gasteiger partial charge in [0.2, 0.25) is 0 Å². The third-order valence-electron chi connectivity index (χ3n) is 0.966. The number of aliphatic hydroxyl groups is 1. The third kappa shape index (κ3) is 15.8. The van der Waals surface area contributed by atoms with Crippen LogP contribution in [-0.2, 0) is 9.36 Å². The maximum absolute atomic E-state index is 10.1. The van der Waals surface area contributed by atoms with Crippen molar-refractivity contribution in [2.75, 3.05) is 6.16 Å². The van der Waals surface area contributed by atoms with Crippen LogP contribution in [0.2, 0.25) is 0 Å². The average molecular weight is 204 g/mol. The van der Waals surface area contributed by atoms with E-state index in [9.17, 15) is 14.5 Å². The van der Waals surface area contributed by atoms with Crippen molar-refractivity contribution < 1.29 is 85.9 Å². The summed E-state index contributed by atoms with van der Waals surface area (Å²) in [6, 6.07) is 0. The van der Waals surface area contributed by atoms with E-state index in [2.05, 4.69) is 0 Å². The molecule has 0 aromatic rings. The summed E-state index contributed by atoms with van der Waals surface area (Å²) in [7, 11) is -4.21. The molecule has 14 heavy (non-hydrogen) atoms. The normalized spacial score (nSPS) is 11.4. The molecular weight excluding hydrogens is 196 g/mol. The molecule has 66 valence electrons. The fraction of sp³-hybridized carbons (Fsp3) is 0.750. The van der Waals surface area contributed by atoms with Crippen LogP contribution in [0, 0.1) is 0 Å². The van der Waals surface area contributed by atoms with Gasteiger partial charge in [-0.2, -0.15) is 0 Å². The molecule has 1 unspecified atom stereocenters. The molecule has 0 aliphatic rings. The summed E-state index contributed by atoms with van der Waals surface area (Å²) in [5, 5.41) is 18.3. The molecule has 6 nitrogen and oxygen atoms in total. The monoisotopic (exact) mass is 204 g/mol. The van der Waals surface area contributed by atoms with Gasteiger partial charge in [-0.15, -0.1) is 0 Å². The summed E-state index contributed by atoms with van der Waals surface area (Å²) in [6.45, 7) is 0. The number of hydrogen-bond acceptors (Lipinski definition) is 4. The van der Waals surface area contributed by atoms with Gasteiger partial charge >= 0.3 is 64.2 Å². The SMILES string of the molecule is O=C([O-])C(O)CCP(=O)(O)O.[Li+].[Li+].[Li+]. The number of rotatable bonds is 4. The first-order chi connectivity index (χ1) is 4.83. The van der Waals surface area contributed by atoms with Gasteiger partial charge in [0, 0.05) is 0 Å². The molecule has 0 fully saturated rings. The van der Waals surface area contributed by atoms with Gasteiger partial charge in [-0.25, -0.2) is 0 Å². The molecular formula is C4H8Li3O6P+2. The fourth-order valence-electron chi connectivity index (χ4n) is 0.408. The minimum atomic E-state index is -4.21. The zero-order valence-corrected chi connectivity index (χ0v) is 9.40. The molecule has 0 amide bonds. The van der Waals surface area contributed by atoms with Crippen molar-refractivity contribution >= 4 is 13.6 Å². The Balaban J connectivity index is -0.000000167. The molecule has 0 bridgehead atoms. The topological polar surface area (TPSA) is 118 Å². The van der Waals surface area contributed by atoms with Gasteiger partial charge in [0.05, 0.1) is 18.2 Å². The fourth-order valence-corrected chi connectivity index (χ4v) is 0.989. The van der Waals surface area contributed by atoms with Crippen molar-refractivity contribution in [3.05, 3.63) is 0 Å². The quantitative estimate of drug-likeness (QED) is 0.309. The Bertz CT molecular complexity index is 194. The Hall–Kier alpha value is 1.37. The Morgan fingerprint density at radius 2 is 1.64 bits per heavy atom. The number of carboxylic acids is 1. The zero-order valence-electron chi connectivity index (χ0n) is 8.51. The Kier molecular flexibility index (Phi) is 19.1. The van der Waals surface area contributed by atoms with Gasteiger partial charge < -0.3 is 24.8 Å². The third-order valence-corrected chi connectivity index (χ3v) is 1.81. The maximum atomic E-state index is 10.1. The van der Waals surface area contributed by atoms with Crippen molar-refractivity contribution in [3.63, 3.8) is 0 Å². The number of hydrogen-bond donors (Lipinski definition) is 3. The summed E-state index contributed by atoms with van der Waals surface area (Å²) >= 11 is 0. The van der Waals surface area contributed by atoms with Gasteiger partial charge in [-0.1, -0.05) is 0 Å². The van der Waals surface area contributed by atoms with Crippen molar-refractivity contribution in [2.45, 2.75) is 12.5 Å². The van der Waals surface area contributed by atoms with E-state index in [-0.39, 0.29) is 56.6 Å². The summed E-state index contributed by atoms with van der Waals surface area (Å²) in [5.74, 6) is -1.72. The zero-order chi connectivity index (χ0) is 9.07. The van der Waals surface area contributed by atoms with Crippen LogP contribution >= 0.6 is 7.60 Å².